The highest BCUT2D eigenvalue weighted by Crippen LogP contribution is 2.37. The predicted octanol–water partition coefficient (Wildman–Crippen LogP) is 4.14. The molecule has 0 amide bonds. The first kappa shape index (κ1) is 23.0. The lowest BCUT2D eigenvalue weighted by atomic mass is 9.95. The van der Waals surface area contributed by atoms with Crippen LogP contribution in [0.1, 0.15) is 50.1 Å². The van der Waals surface area contributed by atoms with E-state index in [1.165, 1.54) is 48.8 Å². The van der Waals surface area contributed by atoms with E-state index in [2.05, 4.69) is 62.2 Å². The van der Waals surface area contributed by atoms with Gasteiger partial charge in [0.15, 0.2) is 0 Å². The molecule has 3 aromatic rings. The largest absolute Gasteiger partial charge is 0.396 e. The molecule has 0 radical (unpaired) electrons. The fourth-order valence-electron chi connectivity index (χ4n) is 5.81. The van der Waals surface area contributed by atoms with Crippen LogP contribution in [0, 0.1) is 5.92 Å². The summed E-state index contributed by atoms with van der Waals surface area (Å²) in [5.74, 6) is 1.02. The van der Waals surface area contributed by atoms with Gasteiger partial charge in [-0.25, -0.2) is 4.98 Å². The Balaban J connectivity index is 1.28. The third kappa shape index (κ3) is 4.95. The molecule has 1 saturated heterocycles. The van der Waals surface area contributed by atoms with Gasteiger partial charge in [-0.1, -0.05) is 43.5 Å². The molecular formula is C28H38N6O. The second-order valence-electron chi connectivity index (χ2n) is 10.9. The maximum atomic E-state index is 9.40. The van der Waals surface area contributed by atoms with Crippen LogP contribution < -0.4 is 5.32 Å². The number of benzene rings is 1. The van der Waals surface area contributed by atoms with Crippen LogP contribution in [0.25, 0.3) is 22.2 Å². The molecule has 7 nitrogen and oxygen atoms in total. The van der Waals surface area contributed by atoms with Crippen LogP contribution in [0.4, 0.5) is 5.95 Å². The summed E-state index contributed by atoms with van der Waals surface area (Å²) in [6, 6.07) is 9.92. The first-order valence-corrected chi connectivity index (χ1v) is 13.4. The number of aromatic nitrogens is 3. The van der Waals surface area contributed by atoms with Gasteiger partial charge in [0.25, 0.3) is 0 Å². The lowest BCUT2D eigenvalue weighted by Gasteiger charge is -2.32. The summed E-state index contributed by atoms with van der Waals surface area (Å²) < 4.78 is 2.42. The molecule has 35 heavy (non-hydrogen) atoms. The number of hydrogen-bond donors (Lipinski definition) is 2. The molecule has 0 bridgehead atoms. The van der Waals surface area contributed by atoms with Gasteiger partial charge in [0, 0.05) is 80.7 Å². The lowest BCUT2D eigenvalue weighted by Crippen LogP contribution is -2.43. The SMILES string of the molecule is CN1CCN(Cc2ccc(-c3cn(C4CCCCC4)c4nc(NC5CC5CO)ncc34)cc2)CC1. The maximum absolute atomic E-state index is 9.40. The second kappa shape index (κ2) is 9.88. The van der Waals surface area contributed by atoms with E-state index in [9.17, 15) is 5.11 Å². The Bertz CT molecular complexity index is 1140. The summed E-state index contributed by atoms with van der Waals surface area (Å²) in [7, 11) is 2.20. The van der Waals surface area contributed by atoms with Gasteiger partial charge >= 0.3 is 0 Å². The number of rotatable bonds is 7. The number of hydrogen-bond acceptors (Lipinski definition) is 6. The average Bonchev–Trinajstić information content (AvgIpc) is 3.55. The van der Waals surface area contributed by atoms with Crippen LogP contribution in [0.3, 0.4) is 0 Å². The standard InChI is InChI=1S/C28H38N6O/c1-32-11-13-33(14-12-32)17-20-7-9-21(10-8-20)25-18-34(23-5-3-2-4-6-23)27-24(25)16-29-28(31-27)30-26-15-22(26)19-35/h7-10,16,18,22-23,26,35H,2-6,11-15,17,19H2,1H3,(H,29,30,31). The van der Waals surface area contributed by atoms with Crippen molar-refractivity contribution in [3.8, 4) is 11.1 Å². The Kier molecular flexibility index (Phi) is 6.48. The van der Waals surface area contributed by atoms with Crippen molar-refractivity contribution in [2.75, 3.05) is 45.2 Å². The monoisotopic (exact) mass is 474 g/mol. The predicted molar refractivity (Wildman–Crippen MR) is 140 cm³/mol. The quantitative estimate of drug-likeness (QED) is 0.536. The molecule has 3 heterocycles. The first-order valence-electron chi connectivity index (χ1n) is 13.4. The fourth-order valence-corrected chi connectivity index (χ4v) is 5.81. The van der Waals surface area contributed by atoms with Gasteiger partial charge in [-0.3, -0.25) is 4.90 Å². The number of piperazine rings is 1. The minimum Gasteiger partial charge on any atom is -0.396 e. The van der Waals surface area contributed by atoms with Crippen LogP contribution >= 0.6 is 0 Å². The van der Waals surface area contributed by atoms with Crippen LogP contribution in [-0.2, 0) is 6.54 Å². The summed E-state index contributed by atoms with van der Waals surface area (Å²) in [5, 5.41) is 14.0. The van der Waals surface area contributed by atoms with E-state index in [1.807, 2.05) is 6.20 Å². The van der Waals surface area contributed by atoms with Crippen molar-refractivity contribution in [3.05, 3.63) is 42.2 Å². The maximum Gasteiger partial charge on any atom is 0.224 e. The van der Waals surface area contributed by atoms with E-state index >= 15 is 0 Å². The number of fused-ring (bicyclic) bond motifs is 1. The van der Waals surface area contributed by atoms with Crippen LogP contribution in [-0.4, -0.2) is 75.3 Å². The van der Waals surface area contributed by atoms with Crippen molar-refractivity contribution >= 4 is 17.0 Å². The van der Waals surface area contributed by atoms with Gasteiger partial charge in [-0.05, 0) is 37.4 Å². The van der Waals surface area contributed by atoms with Crippen molar-refractivity contribution < 1.29 is 5.11 Å². The lowest BCUT2D eigenvalue weighted by molar-refractivity contribution is 0.148. The third-order valence-corrected chi connectivity index (χ3v) is 8.28. The van der Waals surface area contributed by atoms with E-state index < -0.39 is 0 Å². The molecule has 1 aliphatic heterocycles. The molecule has 3 fully saturated rings. The van der Waals surface area contributed by atoms with Gasteiger partial charge in [0.05, 0.1) is 0 Å². The zero-order chi connectivity index (χ0) is 23.8. The molecular weight excluding hydrogens is 436 g/mol. The molecule has 2 N–H and O–H groups in total. The molecule has 0 spiro atoms. The topological polar surface area (TPSA) is 69.5 Å². The minimum atomic E-state index is 0.229. The molecule has 186 valence electrons. The van der Waals surface area contributed by atoms with Gasteiger partial charge < -0.3 is 19.9 Å². The summed E-state index contributed by atoms with van der Waals surface area (Å²) in [5.41, 5.74) is 4.87. The Morgan fingerprint density at radius 3 is 2.51 bits per heavy atom. The second-order valence-corrected chi connectivity index (χ2v) is 10.9. The third-order valence-electron chi connectivity index (χ3n) is 8.28. The molecule has 2 atom stereocenters. The number of aliphatic hydroxyl groups is 1. The van der Waals surface area contributed by atoms with Crippen molar-refractivity contribution in [3.63, 3.8) is 0 Å². The number of aliphatic hydroxyl groups excluding tert-OH is 1. The van der Waals surface area contributed by atoms with Crippen molar-refractivity contribution in [2.24, 2.45) is 5.92 Å². The van der Waals surface area contributed by atoms with Crippen molar-refractivity contribution in [1.29, 1.82) is 0 Å². The Labute approximate surface area is 208 Å². The highest BCUT2D eigenvalue weighted by atomic mass is 16.3. The highest BCUT2D eigenvalue weighted by Gasteiger charge is 2.37. The molecule has 1 aromatic carbocycles. The van der Waals surface area contributed by atoms with Crippen molar-refractivity contribution in [2.45, 2.75) is 57.2 Å². The zero-order valence-corrected chi connectivity index (χ0v) is 20.9. The smallest absolute Gasteiger partial charge is 0.224 e. The fraction of sp³-hybridized carbons (Fsp3) is 0.571. The number of nitrogens with zero attached hydrogens (tertiary/aromatic N) is 5. The Morgan fingerprint density at radius 2 is 1.80 bits per heavy atom. The van der Waals surface area contributed by atoms with Gasteiger partial charge in [-0.15, -0.1) is 0 Å². The summed E-state index contributed by atoms with van der Waals surface area (Å²) in [6.45, 7) is 5.83. The normalized spacial score (nSPS) is 24.2. The van der Waals surface area contributed by atoms with Gasteiger partial charge in [-0.2, -0.15) is 4.98 Å². The van der Waals surface area contributed by atoms with E-state index in [0.29, 0.717) is 23.9 Å². The van der Waals surface area contributed by atoms with Crippen LogP contribution in [0.2, 0.25) is 0 Å². The molecule has 2 saturated carbocycles. The molecule has 2 aromatic heterocycles. The van der Waals surface area contributed by atoms with Crippen LogP contribution in [0.5, 0.6) is 0 Å². The number of nitrogens with one attached hydrogen (secondary N) is 1. The molecule has 2 aliphatic carbocycles. The number of anilines is 1. The molecule has 3 aliphatic rings. The highest BCUT2D eigenvalue weighted by molar-refractivity contribution is 5.94. The number of likely N-dealkylation sites (N-methyl/N-ethyl adjacent to an activating group) is 1. The Hall–Kier alpha value is -2.48. The summed E-state index contributed by atoms with van der Waals surface area (Å²) in [4.78, 5) is 14.6. The first-order chi connectivity index (χ1) is 17.2. The van der Waals surface area contributed by atoms with Gasteiger partial charge in [0.2, 0.25) is 5.95 Å². The zero-order valence-electron chi connectivity index (χ0n) is 20.9. The molecule has 2 unspecified atom stereocenters. The van der Waals surface area contributed by atoms with Crippen LogP contribution in [0.15, 0.2) is 36.7 Å². The minimum absolute atomic E-state index is 0.229. The van der Waals surface area contributed by atoms with Crippen molar-refractivity contribution in [1.82, 2.24) is 24.3 Å². The van der Waals surface area contributed by atoms with E-state index in [-0.39, 0.29) is 6.61 Å². The van der Waals surface area contributed by atoms with E-state index in [0.717, 1.165) is 50.2 Å². The van der Waals surface area contributed by atoms with Gasteiger partial charge in [0.1, 0.15) is 5.65 Å². The van der Waals surface area contributed by atoms with E-state index in [4.69, 9.17) is 4.98 Å². The molecule has 7 heteroatoms. The Morgan fingerprint density at radius 1 is 1.03 bits per heavy atom. The molecule has 6 rings (SSSR count). The van der Waals surface area contributed by atoms with E-state index in [1.54, 1.807) is 0 Å². The summed E-state index contributed by atoms with van der Waals surface area (Å²) >= 11 is 0. The summed E-state index contributed by atoms with van der Waals surface area (Å²) in [6.07, 6.45) is 11.7. The average molecular weight is 475 g/mol.